The zero-order valence-corrected chi connectivity index (χ0v) is 19.2. The topological polar surface area (TPSA) is 47.0 Å². The van der Waals surface area contributed by atoms with Crippen molar-refractivity contribution in [2.24, 2.45) is 0 Å². The van der Waals surface area contributed by atoms with Crippen molar-refractivity contribution in [3.05, 3.63) is 70.9 Å². The summed E-state index contributed by atoms with van der Waals surface area (Å²) in [4.78, 5) is 11.5. The fraction of sp³-hybridized carbons (Fsp3) is 0.280. The average Bonchev–Trinajstić information content (AvgIpc) is 3.16. The zero-order chi connectivity index (χ0) is 23.4. The number of ether oxygens (including phenoxy) is 1. The summed E-state index contributed by atoms with van der Waals surface area (Å²) < 4.78 is 41.0. The molecule has 172 valence electrons. The number of alkyl halides is 3. The number of aryl methyl sites for hydroxylation is 3. The summed E-state index contributed by atoms with van der Waals surface area (Å²) in [7, 11) is 0. The molecule has 0 saturated heterocycles. The van der Waals surface area contributed by atoms with Crippen molar-refractivity contribution in [2.75, 3.05) is 11.9 Å². The second kappa shape index (κ2) is 9.79. The summed E-state index contributed by atoms with van der Waals surface area (Å²) in [5.41, 5.74) is 2.96. The molecule has 0 saturated carbocycles. The number of benzene rings is 2. The Balaban J connectivity index is 1.37. The van der Waals surface area contributed by atoms with E-state index in [0.717, 1.165) is 58.8 Å². The number of rotatable bonds is 8. The van der Waals surface area contributed by atoms with Crippen molar-refractivity contribution in [1.29, 1.82) is 0 Å². The van der Waals surface area contributed by atoms with Crippen molar-refractivity contribution >= 4 is 27.4 Å². The minimum Gasteiger partial charge on any atom is -0.406 e. The molecule has 2 aromatic heterocycles. The first-order valence-electron chi connectivity index (χ1n) is 10.8. The van der Waals surface area contributed by atoms with E-state index in [1.165, 1.54) is 22.6 Å². The molecule has 8 heteroatoms. The van der Waals surface area contributed by atoms with Gasteiger partial charge in [0.1, 0.15) is 22.2 Å². The molecular weight excluding hydrogens is 447 g/mol. The Morgan fingerprint density at radius 3 is 2.52 bits per heavy atom. The standard InChI is InChI=1S/C25H24F3N3OS/c1-3-22-30-23(21-14-16(2)33-24(21)31-22)29-13-5-7-17-6-4-8-19(15-17)18-9-11-20(12-10-18)32-25(26,27)28/h4,6,8-12,14-15H,3,5,7,13H2,1-2H3,(H,29,30,31). The zero-order valence-electron chi connectivity index (χ0n) is 18.4. The van der Waals surface area contributed by atoms with E-state index in [4.69, 9.17) is 0 Å². The Labute approximate surface area is 194 Å². The fourth-order valence-electron chi connectivity index (χ4n) is 3.63. The number of fused-ring (bicyclic) bond motifs is 1. The molecule has 4 nitrogen and oxygen atoms in total. The predicted octanol–water partition coefficient (Wildman–Crippen LogP) is 7.17. The second-order valence-corrected chi connectivity index (χ2v) is 8.96. The van der Waals surface area contributed by atoms with Crippen molar-refractivity contribution in [3.63, 3.8) is 0 Å². The van der Waals surface area contributed by atoms with Gasteiger partial charge in [-0.1, -0.05) is 43.3 Å². The number of hydrogen-bond donors (Lipinski definition) is 1. The van der Waals surface area contributed by atoms with Crippen LogP contribution in [0.15, 0.2) is 54.6 Å². The van der Waals surface area contributed by atoms with Gasteiger partial charge in [0, 0.05) is 17.8 Å². The van der Waals surface area contributed by atoms with Crippen LogP contribution in [0.1, 0.15) is 29.6 Å². The summed E-state index contributed by atoms with van der Waals surface area (Å²) >= 11 is 1.68. The number of anilines is 1. The van der Waals surface area contributed by atoms with E-state index < -0.39 is 6.36 Å². The van der Waals surface area contributed by atoms with E-state index in [2.05, 4.69) is 52.1 Å². The van der Waals surface area contributed by atoms with Gasteiger partial charge < -0.3 is 10.1 Å². The van der Waals surface area contributed by atoms with Crippen LogP contribution in [0.2, 0.25) is 0 Å². The van der Waals surface area contributed by atoms with Gasteiger partial charge in [0.05, 0.1) is 5.39 Å². The molecule has 0 spiro atoms. The molecule has 0 unspecified atom stereocenters. The first kappa shape index (κ1) is 23.0. The first-order valence-corrected chi connectivity index (χ1v) is 11.6. The third kappa shape index (κ3) is 6.01. The van der Waals surface area contributed by atoms with Crippen LogP contribution < -0.4 is 10.1 Å². The number of nitrogens with one attached hydrogen (secondary N) is 1. The average molecular weight is 472 g/mol. The molecule has 2 heterocycles. The maximum atomic E-state index is 12.4. The largest absolute Gasteiger partial charge is 0.573 e. The van der Waals surface area contributed by atoms with E-state index in [1.807, 2.05) is 12.1 Å². The highest BCUT2D eigenvalue weighted by Gasteiger charge is 2.30. The number of nitrogens with zero attached hydrogens (tertiary/aromatic N) is 2. The molecule has 0 amide bonds. The Hall–Kier alpha value is -3.13. The van der Waals surface area contributed by atoms with E-state index in [0.29, 0.717) is 0 Å². The highest BCUT2D eigenvalue weighted by Crippen LogP contribution is 2.29. The molecule has 0 aliphatic carbocycles. The molecule has 0 aliphatic rings. The molecule has 4 rings (SSSR count). The van der Waals surface area contributed by atoms with Gasteiger partial charge in [-0.15, -0.1) is 24.5 Å². The lowest BCUT2D eigenvalue weighted by molar-refractivity contribution is -0.274. The number of halogens is 3. The lowest BCUT2D eigenvalue weighted by atomic mass is 10.0. The summed E-state index contributed by atoms with van der Waals surface area (Å²) in [5.74, 6) is 1.50. The van der Waals surface area contributed by atoms with Crippen LogP contribution in [0.4, 0.5) is 19.0 Å². The van der Waals surface area contributed by atoms with Gasteiger partial charge in [0.2, 0.25) is 0 Å². The molecule has 0 bridgehead atoms. The van der Waals surface area contributed by atoms with E-state index >= 15 is 0 Å². The third-order valence-corrected chi connectivity index (χ3v) is 6.11. The number of thiophene rings is 1. The van der Waals surface area contributed by atoms with Crippen molar-refractivity contribution in [3.8, 4) is 16.9 Å². The van der Waals surface area contributed by atoms with E-state index in [9.17, 15) is 13.2 Å². The van der Waals surface area contributed by atoms with Crippen LogP contribution >= 0.6 is 11.3 Å². The molecule has 0 atom stereocenters. The van der Waals surface area contributed by atoms with Crippen LogP contribution in [0.3, 0.4) is 0 Å². The smallest absolute Gasteiger partial charge is 0.406 e. The number of hydrogen-bond acceptors (Lipinski definition) is 5. The summed E-state index contributed by atoms with van der Waals surface area (Å²) in [5, 5.41) is 4.53. The molecule has 0 radical (unpaired) electrons. The minimum atomic E-state index is -4.69. The highest BCUT2D eigenvalue weighted by molar-refractivity contribution is 7.18. The summed E-state index contributed by atoms with van der Waals surface area (Å²) in [6, 6.07) is 16.1. The Morgan fingerprint density at radius 2 is 1.79 bits per heavy atom. The molecule has 2 aromatic carbocycles. The van der Waals surface area contributed by atoms with Gasteiger partial charge in [0.15, 0.2) is 0 Å². The molecule has 4 aromatic rings. The number of aromatic nitrogens is 2. The monoisotopic (exact) mass is 471 g/mol. The van der Waals surface area contributed by atoms with Crippen LogP contribution in [0.25, 0.3) is 21.3 Å². The summed E-state index contributed by atoms with van der Waals surface area (Å²) in [6.07, 6.45) is -2.11. The van der Waals surface area contributed by atoms with Crippen molar-refractivity contribution < 1.29 is 17.9 Å². The molecular formula is C25H24F3N3OS. The van der Waals surface area contributed by atoms with Gasteiger partial charge >= 0.3 is 6.36 Å². The van der Waals surface area contributed by atoms with Gasteiger partial charge in [-0.25, -0.2) is 9.97 Å². The van der Waals surface area contributed by atoms with Gasteiger partial charge in [-0.2, -0.15) is 0 Å². The van der Waals surface area contributed by atoms with Crippen molar-refractivity contribution in [2.45, 2.75) is 39.5 Å². The van der Waals surface area contributed by atoms with Gasteiger partial charge in [-0.05, 0) is 54.7 Å². The summed E-state index contributed by atoms with van der Waals surface area (Å²) in [6.45, 7) is 4.90. The SMILES string of the molecule is CCc1nc(NCCCc2cccc(-c3ccc(OC(F)(F)F)cc3)c2)c2cc(C)sc2n1. The fourth-order valence-corrected chi connectivity index (χ4v) is 4.53. The third-order valence-electron chi connectivity index (χ3n) is 5.16. The maximum Gasteiger partial charge on any atom is 0.573 e. The Bertz CT molecular complexity index is 1240. The van der Waals surface area contributed by atoms with Crippen LogP contribution in [-0.2, 0) is 12.8 Å². The van der Waals surface area contributed by atoms with Crippen LogP contribution in [0.5, 0.6) is 5.75 Å². The lowest BCUT2D eigenvalue weighted by Gasteiger charge is -2.10. The Kier molecular flexibility index (Phi) is 6.83. The lowest BCUT2D eigenvalue weighted by Crippen LogP contribution is -2.16. The molecule has 33 heavy (non-hydrogen) atoms. The van der Waals surface area contributed by atoms with E-state index in [-0.39, 0.29) is 5.75 Å². The Morgan fingerprint density at radius 1 is 1.00 bits per heavy atom. The normalized spacial score (nSPS) is 11.7. The predicted molar refractivity (Wildman–Crippen MR) is 127 cm³/mol. The molecule has 1 N–H and O–H groups in total. The first-order chi connectivity index (χ1) is 15.8. The van der Waals surface area contributed by atoms with Gasteiger partial charge in [-0.3, -0.25) is 0 Å². The maximum absolute atomic E-state index is 12.4. The van der Waals surface area contributed by atoms with Crippen LogP contribution in [0, 0.1) is 6.92 Å². The molecule has 0 aliphatic heterocycles. The van der Waals surface area contributed by atoms with Crippen molar-refractivity contribution in [1.82, 2.24) is 9.97 Å². The second-order valence-electron chi connectivity index (χ2n) is 7.72. The molecule has 0 fully saturated rings. The van der Waals surface area contributed by atoms with Gasteiger partial charge in [0.25, 0.3) is 0 Å². The van der Waals surface area contributed by atoms with Crippen LogP contribution in [-0.4, -0.2) is 22.9 Å². The minimum absolute atomic E-state index is 0.223. The van der Waals surface area contributed by atoms with E-state index in [1.54, 1.807) is 23.5 Å². The quantitative estimate of drug-likeness (QED) is 0.277. The highest BCUT2D eigenvalue weighted by atomic mass is 32.1.